The van der Waals surface area contributed by atoms with Crippen molar-refractivity contribution in [1.82, 2.24) is 14.8 Å². The van der Waals surface area contributed by atoms with E-state index in [0.717, 1.165) is 17.9 Å². The molecule has 2 heterocycles. The zero-order valence-electron chi connectivity index (χ0n) is 7.81. The van der Waals surface area contributed by atoms with Crippen molar-refractivity contribution in [1.29, 1.82) is 0 Å². The summed E-state index contributed by atoms with van der Waals surface area (Å²) in [5.74, 6) is 0. The number of aryl methyl sites for hydroxylation is 1. The standard InChI is InChI=1S/C10H10ClN3/c1-2-14-10(4-6-13-14)9-7-8(11)3-5-12-9/h3-7H,2H2,1H3. The molecule has 3 nitrogen and oxygen atoms in total. The number of hydrogen-bond acceptors (Lipinski definition) is 2. The van der Waals surface area contributed by atoms with Gasteiger partial charge in [-0.05, 0) is 25.1 Å². The molecule has 0 aliphatic carbocycles. The van der Waals surface area contributed by atoms with Crippen molar-refractivity contribution in [2.75, 3.05) is 0 Å². The second-order valence-corrected chi connectivity index (χ2v) is 3.33. The molecule has 0 aliphatic heterocycles. The molecular formula is C10H10ClN3. The van der Waals surface area contributed by atoms with Crippen LogP contribution >= 0.6 is 11.6 Å². The molecule has 2 rings (SSSR count). The molecule has 0 aliphatic rings. The summed E-state index contributed by atoms with van der Waals surface area (Å²) in [6.07, 6.45) is 3.46. The predicted octanol–water partition coefficient (Wildman–Crippen LogP) is 2.62. The van der Waals surface area contributed by atoms with Crippen LogP contribution in [0, 0.1) is 0 Å². The normalized spacial score (nSPS) is 10.4. The monoisotopic (exact) mass is 207 g/mol. The van der Waals surface area contributed by atoms with Gasteiger partial charge in [0.2, 0.25) is 0 Å². The van der Waals surface area contributed by atoms with Crippen LogP contribution in [0.5, 0.6) is 0 Å². The Hall–Kier alpha value is -1.35. The summed E-state index contributed by atoms with van der Waals surface area (Å²) in [4.78, 5) is 4.25. The topological polar surface area (TPSA) is 30.7 Å². The van der Waals surface area contributed by atoms with E-state index in [-0.39, 0.29) is 0 Å². The van der Waals surface area contributed by atoms with Crippen molar-refractivity contribution in [2.45, 2.75) is 13.5 Å². The van der Waals surface area contributed by atoms with Crippen molar-refractivity contribution < 1.29 is 0 Å². The third kappa shape index (κ3) is 1.63. The van der Waals surface area contributed by atoms with Gasteiger partial charge < -0.3 is 0 Å². The van der Waals surface area contributed by atoms with Crippen LogP contribution in [0.2, 0.25) is 5.02 Å². The average Bonchev–Trinajstić information content (AvgIpc) is 2.65. The average molecular weight is 208 g/mol. The molecule has 0 atom stereocenters. The first kappa shape index (κ1) is 9.21. The van der Waals surface area contributed by atoms with Crippen LogP contribution in [0.25, 0.3) is 11.4 Å². The summed E-state index contributed by atoms with van der Waals surface area (Å²) < 4.78 is 1.89. The fourth-order valence-electron chi connectivity index (χ4n) is 1.35. The van der Waals surface area contributed by atoms with Crippen molar-refractivity contribution >= 4 is 11.6 Å². The molecule has 14 heavy (non-hydrogen) atoms. The highest BCUT2D eigenvalue weighted by Gasteiger charge is 2.04. The van der Waals surface area contributed by atoms with Crippen LogP contribution in [-0.2, 0) is 6.54 Å². The minimum absolute atomic E-state index is 0.693. The molecule has 0 radical (unpaired) electrons. The molecule has 0 spiro atoms. The summed E-state index contributed by atoms with van der Waals surface area (Å²) in [6, 6.07) is 5.53. The van der Waals surface area contributed by atoms with Gasteiger partial charge in [0, 0.05) is 24.0 Å². The maximum absolute atomic E-state index is 5.89. The van der Waals surface area contributed by atoms with Gasteiger partial charge in [-0.15, -0.1) is 0 Å². The maximum atomic E-state index is 5.89. The first-order valence-electron chi connectivity index (χ1n) is 4.45. The Balaban J connectivity index is 2.49. The van der Waals surface area contributed by atoms with E-state index in [9.17, 15) is 0 Å². The van der Waals surface area contributed by atoms with Gasteiger partial charge in [-0.2, -0.15) is 5.10 Å². The van der Waals surface area contributed by atoms with Gasteiger partial charge in [0.25, 0.3) is 0 Å². The molecule has 2 aromatic heterocycles. The molecule has 2 aromatic rings. The van der Waals surface area contributed by atoms with Crippen LogP contribution in [0.15, 0.2) is 30.6 Å². The summed E-state index contributed by atoms with van der Waals surface area (Å²) in [5.41, 5.74) is 1.85. The van der Waals surface area contributed by atoms with E-state index in [1.807, 2.05) is 23.7 Å². The molecule has 72 valence electrons. The SMILES string of the molecule is CCn1nccc1-c1cc(Cl)ccn1. The second kappa shape index (κ2) is 3.80. The van der Waals surface area contributed by atoms with Crippen LogP contribution < -0.4 is 0 Å². The van der Waals surface area contributed by atoms with E-state index in [2.05, 4.69) is 10.1 Å². The maximum Gasteiger partial charge on any atom is 0.0897 e. The highest BCUT2D eigenvalue weighted by atomic mass is 35.5. The first-order chi connectivity index (χ1) is 6.81. The fourth-order valence-corrected chi connectivity index (χ4v) is 1.51. The molecular weight excluding hydrogens is 198 g/mol. The van der Waals surface area contributed by atoms with Gasteiger partial charge in [0.1, 0.15) is 0 Å². The summed E-state index contributed by atoms with van der Waals surface area (Å²) >= 11 is 5.89. The summed E-state index contributed by atoms with van der Waals surface area (Å²) in [5, 5.41) is 4.87. The quantitative estimate of drug-likeness (QED) is 0.758. The second-order valence-electron chi connectivity index (χ2n) is 2.89. The minimum atomic E-state index is 0.693. The van der Waals surface area contributed by atoms with Crippen LogP contribution in [0.3, 0.4) is 0 Å². The van der Waals surface area contributed by atoms with E-state index in [4.69, 9.17) is 11.6 Å². The van der Waals surface area contributed by atoms with E-state index >= 15 is 0 Å². The Bertz CT molecular complexity index is 436. The zero-order valence-corrected chi connectivity index (χ0v) is 8.57. The number of halogens is 1. The lowest BCUT2D eigenvalue weighted by Gasteiger charge is -2.03. The molecule has 0 amide bonds. The molecule has 0 unspecified atom stereocenters. The Morgan fingerprint density at radius 1 is 1.36 bits per heavy atom. The lowest BCUT2D eigenvalue weighted by Crippen LogP contribution is -1.99. The largest absolute Gasteiger partial charge is 0.264 e. The van der Waals surface area contributed by atoms with E-state index in [1.165, 1.54) is 0 Å². The highest BCUT2D eigenvalue weighted by molar-refractivity contribution is 6.30. The number of pyridine rings is 1. The summed E-state index contributed by atoms with van der Waals surface area (Å²) in [6.45, 7) is 2.87. The number of aromatic nitrogens is 3. The van der Waals surface area contributed by atoms with Crippen molar-refractivity contribution in [2.24, 2.45) is 0 Å². The third-order valence-electron chi connectivity index (χ3n) is 2.00. The zero-order chi connectivity index (χ0) is 9.97. The van der Waals surface area contributed by atoms with Crippen LogP contribution in [-0.4, -0.2) is 14.8 Å². The van der Waals surface area contributed by atoms with Gasteiger partial charge in [-0.1, -0.05) is 11.6 Å². The highest BCUT2D eigenvalue weighted by Crippen LogP contribution is 2.19. The lowest BCUT2D eigenvalue weighted by molar-refractivity contribution is 0.665. The molecule has 0 bridgehead atoms. The van der Waals surface area contributed by atoms with Crippen molar-refractivity contribution in [3.63, 3.8) is 0 Å². The molecule has 4 heteroatoms. The lowest BCUT2D eigenvalue weighted by atomic mass is 10.3. The van der Waals surface area contributed by atoms with Crippen LogP contribution in [0.1, 0.15) is 6.92 Å². The number of nitrogens with zero attached hydrogens (tertiary/aromatic N) is 3. The fraction of sp³-hybridized carbons (Fsp3) is 0.200. The van der Waals surface area contributed by atoms with Crippen LogP contribution in [0.4, 0.5) is 0 Å². The van der Waals surface area contributed by atoms with Gasteiger partial charge in [0.05, 0.1) is 11.4 Å². The molecule has 0 saturated carbocycles. The Morgan fingerprint density at radius 2 is 2.21 bits per heavy atom. The Morgan fingerprint density at radius 3 is 2.93 bits per heavy atom. The van der Waals surface area contributed by atoms with E-state index < -0.39 is 0 Å². The molecule has 0 saturated heterocycles. The van der Waals surface area contributed by atoms with Gasteiger partial charge in [-0.3, -0.25) is 9.67 Å². The van der Waals surface area contributed by atoms with Gasteiger partial charge in [-0.25, -0.2) is 0 Å². The number of rotatable bonds is 2. The molecule has 0 aromatic carbocycles. The Kier molecular flexibility index (Phi) is 2.50. The molecule has 0 fully saturated rings. The predicted molar refractivity (Wildman–Crippen MR) is 56.1 cm³/mol. The third-order valence-corrected chi connectivity index (χ3v) is 2.24. The van der Waals surface area contributed by atoms with Gasteiger partial charge in [0.15, 0.2) is 0 Å². The molecule has 0 N–H and O–H groups in total. The Labute approximate surface area is 87.3 Å². The van der Waals surface area contributed by atoms with Gasteiger partial charge >= 0.3 is 0 Å². The van der Waals surface area contributed by atoms with E-state index in [1.54, 1.807) is 18.5 Å². The minimum Gasteiger partial charge on any atom is -0.264 e. The summed E-state index contributed by atoms with van der Waals surface area (Å²) in [7, 11) is 0. The number of hydrogen-bond donors (Lipinski definition) is 0. The van der Waals surface area contributed by atoms with Crippen molar-refractivity contribution in [3.8, 4) is 11.4 Å². The first-order valence-corrected chi connectivity index (χ1v) is 4.83. The van der Waals surface area contributed by atoms with E-state index in [0.29, 0.717) is 5.02 Å². The van der Waals surface area contributed by atoms with Crippen molar-refractivity contribution in [3.05, 3.63) is 35.6 Å². The smallest absolute Gasteiger partial charge is 0.0897 e.